The van der Waals surface area contributed by atoms with Crippen LogP contribution in [0.25, 0.3) is 0 Å². The fourth-order valence-corrected chi connectivity index (χ4v) is 4.79. The Bertz CT molecular complexity index is 929. The van der Waals surface area contributed by atoms with Gasteiger partial charge in [0.2, 0.25) is 11.8 Å². The summed E-state index contributed by atoms with van der Waals surface area (Å²) in [7, 11) is -3.73. The van der Waals surface area contributed by atoms with Crippen LogP contribution in [-0.2, 0) is 19.6 Å². The van der Waals surface area contributed by atoms with Crippen molar-refractivity contribution in [2.75, 3.05) is 29.7 Å². The molecule has 9 nitrogen and oxygen atoms in total. The van der Waals surface area contributed by atoms with Gasteiger partial charge in [0.05, 0.1) is 17.4 Å². The number of piperidine rings is 1. The Hall–Kier alpha value is -2.50. The average Bonchev–Trinajstić information content (AvgIpc) is 3.14. The van der Waals surface area contributed by atoms with E-state index in [1.165, 1.54) is 41.8 Å². The predicted molar refractivity (Wildman–Crippen MR) is 106 cm³/mol. The predicted octanol–water partition coefficient (Wildman–Crippen LogP) is 1.08. The zero-order valence-electron chi connectivity index (χ0n) is 15.0. The molecule has 1 fully saturated rings. The van der Waals surface area contributed by atoms with Crippen LogP contribution in [0.4, 0.5) is 10.8 Å². The number of hydrogen-bond donors (Lipinski definition) is 3. The first-order valence-corrected chi connectivity index (χ1v) is 11.0. The largest absolute Gasteiger partial charge is 0.369 e. The molecule has 0 radical (unpaired) electrons. The van der Waals surface area contributed by atoms with E-state index in [0.717, 1.165) is 19.4 Å². The Labute approximate surface area is 167 Å². The van der Waals surface area contributed by atoms with Crippen LogP contribution in [0.3, 0.4) is 0 Å². The number of thiazole rings is 1. The zero-order valence-corrected chi connectivity index (χ0v) is 16.6. The summed E-state index contributed by atoms with van der Waals surface area (Å²) in [5.41, 5.74) is 5.84. The third-order valence-electron chi connectivity index (χ3n) is 4.38. The minimum atomic E-state index is -3.73. The molecule has 0 spiro atoms. The number of carbonyl (C=O) groups is 2. The summed E-state index contributed by atoms with van der Waals surface area (Å²) in [6, 6.07) is 5.87. The lowest BCUT2D eigenvalue weighted by molar-refractivity contribution is -0.125. The van der Waals surface area contributed by atoms with E-state index >= 15 is 0 Å². The molecule has 28 heavy (non-hydrogen) atoms. The molecule has 1 atom stereocenters. The van der Waals surface area contributed by atoms with E-state index in [4.69, 9.17) is 5.73 Å². The van der Waals surface area contributed by atoms with Crippen molar-refractivity contribution < 1.29 is 18.0 Å². The monoisotopic (exact) mass is 423 g/mol. The number of nitrogens with two attached hydrogens (primary N) is 1. The molecule has 2 amide bonds. The van der Waals surface area contributed by atoms with Gasteiger partial charge in [-0.2, -0.15) is 0 Å². The number of rotatable bonds is 7. The summed E-state index contributed by atoms with van der Waals surface area (Å²) in [6.45, 7) is 1.36. The minimum absolute atomic E-state index is 0.0704. The molecule has 0 aliphatic carbocycles. The van der Waals surface area contributed by atoms with Crippen molar-refractivity contribution in [2.24, 2.45) is 11.7 Å². The Kier molecular flexibility index (Phi) is 6.27. The quantitative estimate of drug-likeness (QED) is 0.610. The highest BCUT2D eigenvalue weighted by molar-refractivity contribution is 7.93. The van der Waals surface area contributed by atoms with Crippen molar-refractivity contribution >= 4 is 44.0 Å². The summed E-state index contributed by atoms with van der Waals surface area (Å²) in [6.07, 6.45) is 3.08. The van der Waals surface area contributed by atoms with Crippen molar-refractivity contribution in [3.63, 3.8) is 0 Å². The van der Waals surface area contributed by atoms with Gasteiger partial charge in [0, 0.05) is 23.8 Å². The first-order valence-electron chi connectivity index (χ1n) is 8.67. The number of likely N-dealkylation sites (tertiary alicyclic amines) is 1. The number of amides is 2. The molecule has 1 unspecified atom stereocenters. The molecule has 2 aromatic rings. The van der Waals surface area contributed by atoms with Gasteiger partial charge in [0.1, 0.15) is 0 Å². The molecule has 0 bridgehead atoms. The maximum absolute atomic E-state index is 12.3. The second kappa shape index (κ2) is 8.67. The van der Waals surface area contributed by atoms with E-state index < -0.39 is 10.0 Å². The molecule has 150 valence electrons. The molecule has 1 aliphatic heterocycles. The van der Waals surface area contributed by atoms with Gasteiger partial charge in [-0.1, -0.05) is 0 Å². The van der Waals surface area contributed by atoms with Gasteiger partial charge in [0.25, 0.3) is 10.0 Å². The molecule has 4 N–H and O–H groups in total. The Morgan fingerprint density at radius 2 is 2.04 bits per heavy atom. The highest BCUT2D eigenvalue weighted by atomic mass is 32.2. The van der Waals surface area contributed by atoms with Gasteiger partial charge in [0.15, 0.2) is 5.13 Å². The summed E-state index contributed by atoms with van der Waals surface area (Å²) >= 11 is 1.18. The van der Waals surface area contributed by atoms with Crippen molar-refractivity contribution in [3.8, 4) is 0 Å². The van der Waals surface area contributed by atoms with Gasteiger partial charge in [-0.05, 0) is 43.7 Å². The summed E-state index contributed by atoms with van der Waals surface area (Å²) in [5.74, 6) is -0.800. The summed E-state index contributed by atoms with van der Waals surface area (Å²) < 4.78 is 27.0. The smallest absolute Gasteiger partial charge is 0.263 e. The number of primary amides is 1. The second-order valence-electron chi connectivity index (χ2n) is 6.49. The van der Waals surface area contributed by atoms with Crippen LogP contribution in [0.2, 0.25) is 0 Å². The molecular formula is C17H21N5O4S2. The number of aromatic nitrogens is 1. The molecule has 3 rings (SSSR count). The van der Waals surface area contributed by atoms with Crippen molar-refractivity contribution in [1.29, 1.82) is 0 Å². The summed E-state index contributed by atoms with van der Waals surface area (Å²) in [5, 5.41) is 4.69. The molecule has 11 heteroatoms. The van der Waals surface area contributed by atoms with Crippen LogP contribution in [0.1, 0.15) is 12.8 Å². The van der Waals surface area contributed by atoms with E-state index in [2.05, 4.69) is 15.0 Å². The molecule has 1 saturated heterocycles. The molecule has 1 aromatic heterocycles. The molecule has 1 aromatic carbocycles. The van der Waals surface area contributed by atoms with Crippen LogP contribution >= 0.6 is 11.3 Å². The van der Waals surface area contributed by atoms with Gasteiger partial charge in [-0.25, -0.2) is 13.4 Å². The highest BCUT2D eigenvalue weighted by Gasteiger charge is 2.25. The normalized spacial score (nSPS) is 17.8. The van der Waals surface area contributed by atoms with Gasteiger partial charge < -0.3 is 11.1 Å². The first-order chi connectivity index (χ1) is 13.3. The number of nitrogens with zero attached hydrogens (tertiary/aromatic N) is 2. The molecule has 1 aliphatic rings. The summed E-state index contributed by atoms with van der Waals surface area (Å²) in [4.78, 5) is 29.4. The van der Waals surface area contributed by atoms with E-state index in [9.17, 15) is 18.0 Å². The fourth-order valence-electron chi connectivity index (χ4n) is 3.00. The maximum atomic E-state index is 12.3. The Morgan fingerprint density at radius 3 is 2.68 bits per heavy atom. The molecular weight excluding hydrogens is 402 g/mol. The number of anilines is 2. The van der Waals surface area contributed by atoms with Gasteiger partial charge in [-0.15, -0.1) is 11.3 Å². The van der Waals surface area contributed by atoms with E-state index in [1.807, 2.05) is 4.90 Å². The minimum Gasteiger partial charge on any atom is -0.369 e. The second-order valence-corrected chi connectivity index (χ2v) is 9.07. The standard InChI is InChI=1S/C17H21N5O4S2/c18-16(24)12-2-1-8-22(10-12)11-15(23)20-13-3-5-14(6-4-13)28(25,26)21-17-19-7-9-27-17/h3-7,9,12H,1-2,8,10-11H2,(H2,18,24)(H,19,21)(H,20,23). The van der Waals surface area contributed by atoms with Crippen LogP contribution in [0.15, 0.2) is 40.7 Å². The number of hydrogen-bond acceptors (Lipinski definition) is 7. The van der Waals surface area contributed by atoms with Crippen LogP contribution in [0.5, 0.6) is 0 Å². The first kappa shape index (κ1) is 20.2. The van der Waals surface area contributed by atoms with E-state index in [1.54, 1.807) is 5.38 Å². The van der Waals surface area contributed by atoms with E-state index in [-0.39, 0.29) is 34.3 Å². The molecule has 2 heterocycles. The lowest BCUT2D eigenvalue weighted by Gasteiger charge is -2.30. The zero-order chi connectivity index (χ0) is 20.1. The number of nitrogens with one attached hydrogen (secondary N) is 2. The SMILES string of the molecule is NC(=O)C1CCCN(CC(=O)Nc2ccc(S(=O)(=O)Nc3nccs3)cc2)C1. The average molecular weight is 424 g/mol. The number of benzene rings is 1. The lowest BCUT2D eigenvalue weighted by Crippen LogP contribution is -2.44. The van der Waals surface area contributed by atoms with Crippen LogP contribution < -0.4 is 15.8 Å². The third-order valence-corrected chi connectivity index (χ3v) is 6.55. The van der Waals surface area contributed by atoms with Gasteiger partial charge in [-0.3, -0.25) is 19.2 Å². The van der Waals surface area contributed by atoms with Crippen LogP contribution in [-0.4, -0.2) is 49.8 Å². The maximum Gasteiger partial charge on any atom is 0.263 e. The Balaban J connectivity index is 1.56. The van der Waals surface area contributed by atoms with Gasteiger partial charge >= 0.3 is 0 Å². The van der Waals surface area contributed by atoms with Crippen molar-refractivity contribution in [1.82, 2.24) is 9.88 Å². The fraction of sp³-hybridized carbons (Fsp3) is 0.353. The number of sulfonamides is 1. The van der Waals surface area contributed by atoms with Crippen molar-refractivity contribution in [3.05, 3.63) is 35.8 Å². The Morgan fingerprint density at radius 1 is 1.29 bits per heavy atom. The highest BCUT2D eigenvalue weighted by Crippen LogP contribution is 2.20. The third kappa shape index (κ3) is 5.27. The van der Waals surface area contributed by atoms with E-state index in [0.29, 0.717) is 12.2 Å². The van der Waals surface area contributed by atoms with Crippen LogP contribution in [0, 0.1) is 5.92 Å². The topological polar surface area (TPSA) is 134 Å². The number of carbonyl (C=O) groups excluding carboxylic acids is 2. The molecule has 0 saturated carbocycles. The van der Waals surface area contributed by atoms with Crippen molar-refractivity contribution in [2.45, 2.75) is 17.7 Å². The lowest BCUT2D eigenvalue weighted by atomic mass is 9.97.